The highest BCUT2D eigenvalue weighted by Crippen LogP contribution is 2.40. The molecule has 140 valence electrons. The predicted octanol–water partition coefficient (Wildman–Crippen LogP) is 4.48. The van der Waals surface area contributed by atoms with E-state index in [1.807, 2.05) is 4.90 Å². The Hall–Kier alpha value is -1.70. The Morgan fingerprint density at radius 2 is 1.77 bits per heavy atom. The van der Waals surface area contributed by atoms with Crippen molar-refractivity contribution < 1.29 is 18.3 Å². The third-order valence-corrected chi connectivity index (χ3v) is 5.15. The molecule has 2 aromatic rings. The van der Waals surface area contributed by atoms with E-state index < -0.39 is 17.3 Å². The van der Waals surface area contributed by atoms with Gasteiger partial charge in [0.1, 0.15) is 5.82 Å². The summed E-state index contributed by atoms with van der Waals surface area (Å²) in [5, 5.41) is 10.9. The lowest BCUT2D eigenvalue weighted by Crippen LogP contribution is -2.43. The molecule has 2 heterocycles. The summed E-state index contributed by atoms with van der Waals surface area (Å²) in [6.07, 6.45) is -2.63. The Balaban J connectivity index is 1.82. The van der Waals surface area contributed by atoms with Gasteiger partial charge in [-0.2, -0.15) is 13.2 Å². The summed E-state index contributed by atoms with van der Waals surface area (Å²) in [6, 6.07) is 5.11. The lowest BCUT2D eigenvalue weighted by molar-refractivity contribution is -0.137. The van der Waals surface area contributed by atoms with Gasteiger partial charge < -0.3 is 15.7 Å². The lowest BCUT2D eigenvalue weighted by atomic mass is 9.83. The normalized spacial score (nSPS) is 17.4. The Morgan fingerprint density at radius 1 is 1.12 bits per heavy atom. The molecular formula is C17H16Cl2F3N3O. The maximum atomic E-state index is 13.1. The Bertz CT molecular complexity index is 821. The molecule has 0 unspecified atom stereocenters. The summed E-state index contributed by atoms with van der Waals surface area (Å²) in [5.74, 6) is 0.537. The number of halogens is 5. The van der Waals surface area contributed by atoms with Gasteiger partial charge in [0.25, 0.3) is 0 Å². The van der Waals surface area contributed by atoms with Crippen LogP contribution in [0.1, 0.15) is 24.0 Å². The van der Waals surface area contributed by atoms with Crippen molar-refractivity contribution >= 4 is 34.7 Å². The van der Waals surface area contributed by atoms with Crippen LogP contribution in [-0.2, 0) is 11.8 Å². The summed E-state index contributed by atoms with van der Waals surface area (Å²) >= 11 is 11.8. The van der Waals surface area contributed by atoms with Crippen LogP contribution in [0.2, 0.25) is 10.0 Å². The van der Waals surface area contributed by atoms with Gasteiger partial charge in [-0.25, -0.2) is 4.98 Å². The second-order valence-corrected chi connectivity index (χ2v) is 7.10. The molecule has 3 rings (SSSR count). The second kappa shape index (κ2) is 6.79. The van der Waals surface area contributed by atoms with Crippen molar-refractivity contribution in [3.8, 4) is 0 Å². The molecule has 0 spiro atoms. The van der Waals surface area contributed by atoms with Gasteiger partial charge in [-0.1, -0.05) is 29.3 Å². The Labute approximate surface area is 158 Å². The van der Waals surface area contributed by atoms with E-state index in [2.05, 4.69) is 4.98 Å². The molecule has 0 radical (unpaired) electrons. The lowest BCUT2D eigenvalue weighted by Gasteiger charge is -2.39. The van der Waals surface area contributed by atoms with Crippen molar-refractivity contribution in [2.24, 2.45) is 0 Å². The minimum atomic E-state index is -4.58. The molecule has 0 bridgehead atoms. The molecule has 0 aliphatic carbocycles. The number of anilines is 2. The van der Waals surface area contributed by atoms with Crippen LogP contribution in [0.25, 0.3) is 0 Å². The predicted molar refractivity (Wildman–Crippen MR) is 95.5 cm³/mol. The van der Waals surface area contributed by atoms with Crippen LogP contribution in [0.4, 0.5) is 24.7 Å². The average molecular weight is 406 g/mol. The topological polar surface area (TPSA) is 62.4 Å². The van der Waals surface area contributed by atoms with Crippen LogP contribution in [0.3, 0.4) is 0 Å². The highest BCUT2D eigenvalue weighted by atomic mass is 35.5. The number of rotatable bonds is 2. The Kier molecular flexibility index (Phi) is 4.98. The molecular weight excluding hydrogens is 390 g/mol. The number of piperidine rings is 1. The minimum absolute atomic E-state index is 0.199. The van der Waals surface area contributed by atoms with Crippen molar-refractivity contribution in [3.05, 3.63) is 51.6 Å². The molecule has 26 heavy (non-hydrogen) atoms. The van der Waals surface area contributed by atoms with Gasteiger partial charge in [-0.3, -0.25) is 0 Å². The molecule has 0 saturated carbocycles. The maximum absolute atomic E-state index is 13.1. The first kappa shape index (κ1) is 19.1. The van der Waals surface area contributed by atoms with Crippen LogP contribution >= 0.6 is 23.2 Å². The number of alkyl halides is 3. The molecule has 0 atom stereocenters. The number of aliphatic hydroxyl groups is 1. The van der Waals surface area contributed by atoms with Crippen LogP contribution in [0, 0.1) is 0 Å². The third kappa shape index (κ3) is 3.70. The van der Waals surface area contributed by atoms with E-state index in [0.29, 0.717) is 29.6 Å². The average Bonchev–Trinajstić information content (AvgIpc) is 2.55. The molecule has 9 heteroatoms. The van der Waals surface area contributed by atoms with Crippen molar-refractivity contribution in [2.75, 3.05) is 23.7 Å². The standard InChI is InChI=1S/C17H16Cl2F3N3O/c18-13-2-1-10(7-12(13)17(20,21)22)16(26)3-5-25(6-4-16)15-14(19)8-11(23)9-24-15/h1-2,7-9,26H,3-6,23H2. The van der Waals surface area contributed by atoms with E-state index in [1.165, 1.54) is 18.3 Å². The summed E-state index contributed by atoms with van der Waals surface area (Å²) in [4.78, 5) is 6.07. The smallest absolute Gasteiger partial charge is 0.397 e. The first-order chi connectivity index (χ1) is 12.1. The number of nitrogen functional groups attached to an aromatic ring is 1. The largest absolute Gasteiger partial charge is 0.417 e. The Morgan fingerprint density at radius 3 is 2.35 bits per heavy atom. The quantitative estimate of drug-likeness (QED) is 0.772. The van der Waals surface area contributed by atoms with Crippen molar-refractivity contribution in [3.63, 3.8) is 0 Å². The fourth-order valence-corrected chi connectivity index (χ4v) is 3.61. The van der Waals surface area contributed by atoms with Gasteiger partial charge in [0, 0.05) is 13.1 Å². The monoisotopic (exact) mass is 405 g/mol. The number of aromatic nitrogens is 1. The summed E-state index contributed by atoms with van der Waals surface area (Å²) < 4.78 is 39.2. The first-order valence-electron chi connectivity index (χ1n) is 7.86. The summed E-state index contributed by atoms with van der Waals surface area (Å²) in [6.45, 7) is 0.772. The molecule has 3 N–H and O–H groups in total. The molecule has 4 nitrogen and oxygen atoms in total. The van der Waals surface area contributed by atoms with Gasteiger partial charge in [-0.05, 0) is 36.6 Å². The second-order valence-electron chi connectivity index (χ2n) is 6.29. The molecule has 0 amide bonds. The van der Waals surface area contributed by atoms with Gasteiger partial charge in [-0.15, -0.1) is 0 Å². The maximum Gasteiger partial charge on any atom is 0.417 e. The highest BCUT2D eigenvalue weighted by molar-refractivity contribution is 6.33. The van der Waals surface area contributed by atoms with Gasteiger partial charge in [0.15, 0.2) is 0 Å². The SMILES string of the molecule is Nc1cnc(N2CCC(O)(c3ccc(Cl)c(C(F)(F)F)c3)CC2)c(Cl)c1. The molecule has 1 aliphatic rings. The first-order valence-corrected chi connectivity index (χ1v) is 8.61. The van der Waals surface area contributed by atoms with E-state index in [9.17, 15) is 18.3 Å². The van der Waals surface area contributed by atoms with E-state index in [1.54, 1.807) is 6.07 Å². The van der Waals surface area contributed by atoms with Crippen molar-refractivity contribution in [1.82, 2.24) is 4.98 Å². The highest BCUT2D eigenvalue weighted by Gasteiger charge is 2.38. The summed E-state index contributed by atoms with van der Waals surface area (Å²) in [7, 11) is 0. The van der Waals surface area contributed by atoms with Crippen molar-refractivity contribution in [1.29, 1.82) is 0 Å². The minimum Gasteiger partial charge on any atom is -0.397 e. The molecule has 1 aliphatic heterocycles. The number of nitrogens with zero attached hydrogens (tertiary/aromatic N) is 2. The van der Waals surface area contributed by atoms with E-state index >= 15 is 0 Å². The number of hydrogen-bond acceptors (Lipinski definition) is 4. The zero-order valence-electron chi connectivity index (χ0n) is 13.5. The van der Waals surface area contributed by atoms with E-state index in [4.69, 9.17) is 28.9 Å². The van der Waals surface area contributed by atoms with Gasteiger partial charge in [0.05, 0.1) is 33.1 Å². The van der Waals surface area contributed by atoms with E-state index in [-0.39, 0.29) is 23.4 Å². The molecule has 1 aromatic carbocycles. The van der Waals surface area contributed by atoms with Crippen LogP contribution in [0.15, 0.2) is 30.5 Å². The molecule has 1 fully saturated rings. The number of hydrogen-bond donors (Lipinski definition) is 2. The fourth-order valence-electron chi connectivity index (χ4n) is 3.09. The third-order valence-electron chi connectivity index (χ3n) is 4.54. The van der Waals surface area contributed by atoms with Gasteiger partial charge >= 0.3 is 6.18 Å². The zero-order chi connectivity index (χ0) is 19.1. The molecule has 1 aromatic heterocycles. The van der Waals surface area contributed by atoms with Crippen LogP contribution in [0.5, 0.6) is 0 Å². The summed E-state index contributed by atoms with van der Waals surface area (Å²) in [5.41, 5.74) is 3.94. The number of pyridine rings is 1. The van der Waals surface area contributed by atoms with Crippen LogP contribution in [-0.4, -0.2) is 23.2 Å². The fraction of sp³-hybridized carbons (Fsp3) is 0.353. The van der Waals surface area contributed by atoms with Crippen LogP contribution < -0.4 is 10.6 Å². The number of benzene rings is 1. The zero-order valence-corrected chi connectivity index (χ0v) is 15.0. The van der Waals surface area contributed by atoms with Gasteiger partial charge in [0.2, 0.25) is 0 Å². The number of nitrogens with two attached hydrogens (primary N) is 1. The molecule has 1 saturated heterocycles. The van der Waals surface area contributed by atoms with Crippen molar-refractivity contribution in [2.45, 2.75) is 24.6 Å². The van der Waals surface area contributed by atoms with E-state index in [0.717, 1.165) is 6.07 Å².